The molecule has 1 aliphatic rings. The average molecular weight is 318 g/mol. The fourth-order valence-corrected chi connectivity index (χ4v) is 3.77. The Bertz CT molecular complexity index is 581. The zero-order valence-corrected chi connectivity index (χ0v) is 13.6. The minimum absolute atomic E-state index is 0.0364. The highest BCUT2D eigenvalue weighted by molar-refractivity contribution is 7.10. The Morgan fingerprint density at radius 3 is 3.23 bits per heavy atom. The number of carbonyl (C=O) groups excluding carboxylic acids is 1. The predicted octanol–water partition coefficient (Wildman–Crippen LogP) is 3.51. The van der Waals surface area contributed by atoms with Gasteiger partial charge in [0.1, 0.15) is 0 Å². The van der Waals surface area contributed by atoms with Crippen LogP contribution in [0.15, 0.2) is 29.9 Å². The first kappa shape index (κ1) is 15.1. The lowest BCUT2D eigenvalue weighted by Gasteiger charge is -2.35. The number of aromatic amines is 1. The van der Waals surface area contributed by atoms with Gasteiger partial charge in [0.05, 0.1) is 12.2 Å². The Balaban J connectivity index is 1.60. The molecule has 3 rings (SSSR count). The monoisotopic (exact) mass is 318 g/mol. The molecular weight excluding hydrogens is 296 g/mol. The maximum Gasteiger partial charge on any atom is 0.317 e. The van der Waals surface area contributed by atoms with Crippen molar-refractivity contribution in [3.05, 3.63) is 40.3 Å². The van der Waals surface area contributed by atoms with Gasteiger partial charge in [0.25, 0.3) is 0 Å². The molecule has 2 amide bonds. The molecule has 6 heteroatoms. The second-order valence-electron chi connectivity index (χ2n) is 5.84. The number of piperidine rings is 1. The van der Waals surface area contributed by atoms with Crippen LogP contribution in [-0.4, -0.2) is 34.2 Å². The minimum atomic E-state index is 0.0364. The summed E-state index contributed by atoms with van der Waals surface area (Å²) in [7, 11) is 0. The third-order valence-corrected chi connectivity index (χ3v) is 5.36. The standard InChI is InChI=1S/C16H22N4OS/c1-12(15-6-4-8-22-15)9-17-16(21)20-7-3-2-5-14(20)13-10-18-19-11-13/h4,6,8,10-12,14H,2-3,5,7,9H2,1H3,(H,17,21)(H,18,19). The number of hydrogen-bond acceptors (Lipinski definition) is 3. The number of thiophene rings is 1. The van der Waals surface area contributed by atoms with Crippen molar-refractivity contribution in [2.75, 3.05) is 13.1 Å². The van der Waals surface area contributed by atoms with Crippen LogP contribution in [0.25, 0.3) is 0 Å². The van der Waals surface area contributed by atoms with E-state index >= 15 is 0 Å². The van der Waals surface area contributed by atoms with E-state index in [-0.39, 0.29) is 12.1 Å². The first-order valence-electron chi connectivity index (χ1n) is 7.82. The Morgan fingerprint density at radius 1 is 1.59 bits per heavy atom. The number of H-pyrrole nitrogens is 1. The molecule has 1 fully saturated rings. The number of nitrogens with one attached hydrogen (secondary N) is 2. The number of likely N-dealkylation sites (tertiary alicyclic amines) is 1. The molecule has 118 valence electrons. The lowest BCUT2D eigenvalue weighted by atomic mass is 9.98. The van der Waals surface area contributed by atoms with Crippen LogP contribution in [0.1, 0.15) is 48.6 Å². The van der Waals surface area contributed by atoms with E-state index in [1.54, 1.807) is 11.3 Å². The third kappa shape index (κ3) is 3.32. The second-order valence-corrected chi connectivity index (χ2v) is 6.82. The molecule has 2 aromatic rings. The van der Waals surface area contributed by atoms with Crippen LogP contribution in [0, 0.1) is 0 Å². The van der Waals surface area contributed by atoms with Crippen LogP contribution < -0.4 is 5.32 Å². The molecule has 0 radical (unpaired) electrons. The number of rotatable bonds is 4. The summed E-state index contributed by atoms with van der Waals surface area (Å²) in [4.78, 5) is 15.8. The van der Waals surface area contributed by atoms with Gasteiger partial charge >= 0.3 is 6.03 Å². The van der Waals surface area contributed by atoms with Crippen molar-refractivity contribution < 1.29 is 4.79 Å². The SMILES string of the molecule is CC(CNC(=O)N1CCCCC1c1cn[nH]c1)c1cccs1. The van der Waals surface area contributed by atoms with E-state index < -0.39 is 0 Å². The average Bonchev–Trinajstić information content (AvgIpc) is 3.24. The smallest absolute Gasteiger partial charge is 0.317 e. The molecule has 3 heterocycles. The van der Waals surface area contributed by atoms with Crippen molar-refractivity contribution in [1.29, 1.82) is 0 Å². The van der Waals surface area contributed by atoms with Crippen LogP contribution in [0.5, 0.6) is 0 Å². The summed E-state index contributed by atoms with van der Waals surface area (Å²) < 4.78 is 0. The van der Waals surface area contributed by atoms with E-state index in [1.807, 2.05) is 17.3 Å². The lowest BCUT2D eigenvalue weighted by molar-refractivity contribution is 0.151. The molecule has 1 saturated heterocycles. The van der Waals surface area contributed by atoms with Crippen molar-refractivity contribution >= 4 is 17.4 Å². The lowest BCUT2D eigenvalue weighted by Crippen LogP contribution is -2.45. The first-order valence-corrected chi connectivity index (χ1v) is 8.70. The minimum Gasteiger partial charge on any atom is -0.337 e. The number of amides is 2. The van der Waals surface area contributed by atoms with Crippen LogP contribution >= 0.6 is 11.3 Å². The molecule has 0 aromatic carbocycles. The number of carbonyl (C=O) groups is 1. The Hall–Kier alpha value is -1.82. The molecule has 5 nitrogen and oxygen atoms in total. The predicted molar refractivity (Wildman–Crippen MR) is 88.0 cm³/mol. The Labute approximate surface area is 134 Å². The summed E-state index contributed by atoms with van der Waals surface area (Å²) in [5.41, 5.74) is 1.10. The van der Waals surface area contributed by atoms with Gasteiger partial charge in [0.2, 0.25) is 0 Å². The van der Waals surface area contributed by atoms with E-state index in [2.05, 4.69) is 40.0 Å². The summed E-state index contributed by atoms with van der Waals surface area (Å²) in [5, 5.41) is 12.0. The summed E-state index contributed by atoms with van der Waals surface area (Å²) in [6.07, 6.45) is 6.95. The molecule has 2 aromatic heterocycles. The van der Waals surface area contributed by atoms with Gasteiger partial charge in [0, 0.05) is 35.6 Å². The van der Waals surface area contributed by atoms with E-state index in [1.165, 1.54) is 4.88 Å². The maximum absolute atomic E-state index is 12.6. The summed E-state index contributed by atoms with van der Waals surface area (Å²) >= 11 is 1.74. The van der Waals surface area contributed by atoms with Gasteiger partial charge in [-0.25, -0.2) is 4.79 Å². The number of aromatic nitrogens is 2. The van der Waals surface area contributed by atoms with Crippen LogP contribution in [0.3, 0.4) is 0 Å². The van der Waals surface area contributed by atoms with Crippen LogP contribution in [0.2, 0.25) is 0 Å². The molecule has 0 bridgehead atoms. The van der Waals surface area contributed by atoms with Crippen LogP contribution in [-0.2, 0) is 0 Å². The van der Waals surface area contributed by atoms with E-state index in [0.717, 1.165) is 31.4 Å². The van der Waals surface area contributed by atoms with Crippen molar-refractivity contribution in [2.24, 2.45) is 0 Å². The van der Waals surface area contributed by atoms with Gasteiger partial charge in [-0.15, -0.1) is 11.3 Å². The Kier molecular flexibility index (Phi) is 4.77. The molecule has 2 N–H and O–H groups in total. The van der Waals surface area contributed by atoms with Crippen molar-refractivity contribution in [1.82, 2.24) is 20.4 Å². The number of nitrogens with zero attached hydrogens (tertiary/aromatic N) is 2. The molecule has 0 saturated carbocycles. The zero-order valence-electron chi connectivity index (χ0n) is 12.8. The van der Waals surface area contributed by atoms with Gasteiger partial charge < -0.3 is 10.2 Å². The maximum atomic E-state index is 12.6. The highest BCUT2D eigenvalue weighted by Gasteiger charge is 2.28. The van der Waals surface area contributed by atoms with Crippen molar-refractivity contribution in [3.63, 3.8) is 0 Å². The van der Waals surface area contributed by atoms with Crippen LogP contribution in [0.4, 0.5) is 4.79 Å². The van der Waals surface area contributed by atoms with E-state index in [0.29, 0.717) is 12.5 Å². The van der Waals surface area contributed by atoms with Gasteiger partial charge in [-0.05, 0) is 30.7 Å². The third-order valence-electron chi connectivity index (χ3n) is 4.26. The topological polar surface area (TPSA) is 61.0 Å². The highest BCUT2D eigenvalue weighted by Crippen LogP contribution is 2.30. The quantitative estimate of drug-likeness (QED) is 0.906. The van der Waals surface area contributed by atoms with E-state index in [9.17, 15) is 4.79 Å². The number of urea groups is 1. The zero-order chi connectivity index (χ0) is 15.4. The number of hydrogen-bond donors (Lipinski definition) is 2. The molecule has 2 atom stereocenters. The molecular formula is C16H22N4OS. The first-order chi connectivity index (χ1) is 10.8. The largest absolute Gasteiger partial charge is 0.337 e. The molecule has 1 aliphatic heterocycles. The summed E-state index contributed by atoms with van der Waals surface area (Å²) in [6.45, 7) is 3.64. The molecule has 0 aliphatic carbocycles. The summed E-state index contributed by atoms with van der Waals surface area (Å²) in [5.74, 6) is 0.348. The fourth-order valence-electron chi connectivity index (χ4n) is 2.98. The fraction of sp³-hybridized carbons (Fsp3) is 0.500. The highest BCUT2D eigenvalue weighted by atomic mass is 32.1. The normalized spacial score (nSPS) is 19.9. The van der Waals surface area contributed by atoms with Crippen molar-refractivity contribution in [2.45, 2.75) is 38.1 Å². The second kappa shape index (κ2) is 6.96. The molecule has 2 unspecified atom stereocenters. The van der Waals surface area contributed by atoms with Gasteiger partial charge in [-0.2, -0.15) is 5.10 Å². The van der Waals surface area contributed by atoms with Gasteiger partial charge in [-0.1, -0.05) is 13.0 Å². The van der Waals surface area contributed by atoms with Crippen molar-refractivity contribution in [3.8, 4) is 0 Å². The van der Waals surface area contributed by atoms with Gasteiger partial charge in [-0.3, -0.25) is 5.10 Å². The molecule has 22 heavy (non-hydrogen) atoms. The molecule has 0 spiro atoms. The summed E-state index contributed by atoms with van der Waals surface area (Å²) in [6, 6.07) is 4.35. The Morgan fingerprint density at radius 2 is 2.50 bits per heavy atom. The van der Waals surface area contributed by atoms with E-state index in [4.69, 9.17) is 0 Å². The van der Waals surface area contributed by atoms with Gasteiger partial charge in [0.15, 0.2) is 0 Å².